The molecule has 4 aromatic rings. The number of ether oxygens (including phenoxy) is 7. The molecule has 0 saturated carbocycles. The van der Waals surface area contributed by atoms with Gasteiger partial charge in [0.15, 0.2) is 35.3 Å². The van der Waals surface area contributed by atoms with Crippen molar-refractivity contribution in [3.63, 3.8) is 0 Å². The van der Waals surface area contributed by atoms with Crippen molar-refractivity contribution in [1.82, 2.24) is 0 Å². The average molecular weight is 1610 g/mol. The van der Waals surface area contributed by atoms with Gasteiger partial charge in [-0.3, -0.25) is 24.0 Å². The minimum absolute atomic E-state index is 0.00125. The molecule has 116 heavy (non-hydrogen) atoms. The van der Waals surface area contributed by atoms with Crippen LogP contribution in [0.4, 0.5) is 27.5 Å². The van der Waals surface area contributed by atoms with E-state index in [4.69, 9.17) is 33.2 Å². The second-order valence-electron chi connectivity index (χ2n) is 28.2. The molecule has 16 atom stereocenters. The van der Waals surface area contributed by atoms with E-state index >= 15 is 0 Å². The van der Waals surface area contributed by atoms with E-state index in [1.54, 1.807) is 123 Å². The van der Waals surface area contributed by atoms with E-state index in [0.29, 0.717) is 64.6 Å². The lowest BCUT2D eigenvalue weighted by Crippen LogP contribution is -2.36. The predicted octanol–water partition coefficient (Wildman–Crippen LogP) is 10.4. The third-order valence-electron chi connectivity index (χ3n) is 19.3. The third-order valence-corrected chi connectivity index (χ3v) is 19.3. The topological polar surface area (TPSA) is 466 Å². The van der Waals surface area contributed by atoms with Crippen LogP contribution in [0, 0.1) is 23.7 Å². The summed E-state index contributed by atoms with van der Waals surface area (Å²) in [4.78, 5) is 123. The van der Waals surface area contributed by atoms with E-state index in [9.17, 15) is 93.9 Å². The summed E-state index contributed by atoms with van der Waals surface area (Å²) in [6, 6.07) is 12.5. The number of anilines is 4. The number of fused-ring (bicyclic) bond motifs is 5. The molecule has 13 N–H and O–H groups in total. The van der Waals surface area contributed by atoms with Crippen molar-refractivity contribution in [3.05, 3.63) is 166 Å². The molecular weight excluding hydrogens is 1500 g/mol. The van der Waals surface area contributed by atoms with Crippen LogP contribution in [-0.4, -0.2) is 205 Å². The number of cyclic esters (lactones) is 4. The first-order valence-corrected chi connectivity index (χ1v) is 38.1. The molecule has 0 radical (unpaired) electrons. The van der Waals surface area contributed by atoms with Gasteiger partial charge < -0.3 is 100 Å². The van der Waals surface area contributed by atoms with Crippen LogP contribution >= 0.6 is 0 Å². The number of phenols is 4. The van der Waals surface area contributed by atoms with Gasteiger partial charge in [-0.1, -0.05) is 101 Å². The lowest BCUT2D eigenvalue weighted by atomic mass is 9.99. The molecule has 0 spiro atoms. The zero-order valence-corrected chi connectivity index (χ0v) is 67.0. The number of aliphatic hydroxyl groups excluding tert-OH is 5. The summed E-state index contributed by atoms with van der Waals surface area (Å²) < 4.78 is 37.2. The lowest BCUT2D eigenvalue weighted by molar-refractivity contribution is -0.154. The molecule has 5 heterocycles. The molecular formula is C86H106N4O26. The number of rotatable bonds is 8. The molecule has 1 saturated heterocycles. The van der Waals surface area contributed by atoms with Gasteiger partial charge >= 0.3 is 36.0 Å². The smallest absolute Gasteiger partial charge is 0.507 e. The number of carbonyl (C=O) groups excluding carboxylic acids is 10. The number of carbonyl (C=O) groups is 10. The second-order valence-corrected chi connectivity index (χ2v) is 28.2. The van der Waals surface area contributed by atoms with Crippen LogP contribution in [0.2, 0.25) is 0 Å². The summed E-state index contributed by atoms with van der Waals surface area (Å²) in [7, 11) is 1.67. The van der Waals surface area contributed by atoms with Gasteiger partial charge in [-0.15, -0.1) is 0 Å². The maximum atomic E-state index is 12.8. The monoisotopic (exact) mass is 1610 g/mol. The maximum Gasteiger partial charge on any atom is 0.509 e. The predicted molar refractivity (Wildman–Crippen MR) is 433 cm³/mol. The van der Waals surface area contributed by atoms with Gasteiger partial charge in [0.2, 0.25) is 6.10 Å². The van der Waals surface area contributed by atoms with Crippen molar-refractivity contribution in [2.75, 3.05) is 47.9 Å². The lowest BCUT2D eigenvalue weighted by Gasteiger charge is -2.22. The van der Waals surface area contributed by atoms with E-state index < -0.39 is 132 Å². The molecule has 5 aliphatic heterocycles. The Bertz CT molecular complexity index is 4460. The summed E-state index contributed by atoms with van der Waals surface area (Å²) >= 11 is 0. The van der Waals surface area contributed by atoms with Crippen LogP contribution in [0.3, 0.4) is 0 Å². The van der Waals surface area contributed by atoms with Crippen LogP contribution in [0.15, 0.2) is 121 Å². The fraction of sp³-hybridized carbons (Fsp3) is 0.419. The zero-order valence-electron chi connectivity index (χ0n) is 67.0. The fourth-order valence-electron chi connectivity index (χ4n) is 11.8. The van der Waals surface area contributed by atoms with E-state index in [0.717, 1.165) is 0 Å². The third kappa shape index (κ3) is 26.4. The summed E-state index contributed by atoms with van der Waals surface area (Å²) in [5.41, 5.74) is 4.15. The molecule has 0 aliphatic carbocycles. The number of phenolic OH excluding ortho intramolecular Hbond substituents is 4. The van der Waals surface area contributed by atoms with Gasteiger partial charge in [0.25, 0.3) is 0 Å². The van der Waals surface area contributed by atoms with Crippen LogP contribution in [0.25, 0.3) is 24.3 Å². The molecule has 626 valence electrons. The fourth-order valence-corrected chi connectivity index (χ4v) is 11.8. The standard InChI is InChI=1S/C23H29NO7.C22H25NO7.C21H27NO6.C20H25NO6/c1-5-24-17-11-16-7-6-8-20(31-15(4)25)22(28)18(26)10-9-13(2)14(3)30-23(29)21(16)19(27)12-17;1-4-23-15-10-14-6-5-7-18-20(30-22(27)29-18)16(24)9-8-12(2)13(3)28-21(26)19(14)17(25)11-15;1-4-22-15-10-14-6-5-7-16(23)20(26)17(24)9-8-12(2)13(3)28-21(27)19(14)18(25)11-15;1-11-7-8-16(23)19(25)15(22)6-4-5-13-9-14(21-3)10-17(24)18(13)20(26)27-12(11)2/h6-7,9-14,20,22,24,27-28H,5,8H2,1-4H3;5-6,8-13,18,20,23,25H,4,7H2,1-3H3;5-6,8-13,16,20,22-23,25-26H,4,7H2,1-3H3;4-5,7-12,15,19,21-22,24-25H,6H2,1-3H3/b7-6+,10-9-;6-5+,9-8-;6-5+,9-8+;5-4?,8-7-/t13-,14+,20+,22-;12-,13+,18+,20-;12-,13+,16+,20+;11-,12+,15+,19+/m1111/s1. The highest BCUT2D eigenvalue weighted by atomic mass is 16.8. The largest absolute Gasteiger partial charge is 0.509 e. The van der Waals surface area contributed by atoms with Gasteiger partial charge in [-0.2, -0.15) is 0 Å². The Hall–Kier alpha value is -11.7. The minimum Gasteiger partial charge on any atom is -0.507 e. The Kier molecular flexibility index (Phi) is 35.5. The summed E-state index contributed by atoms with van der Waals surface area (Å²) in [6.45, 7) is 22.5. The van der Waals surface area contributed by atoms with Crippen LogP contribution in [0.1, 0.15) is 172 Å². The van der Waals surface area contributed by atoms with E-state index in [2.05, 4.69) is 21.3 Å². The highest BCUT2D eigenvalue weighted by Gasteiger charge is 2.41. The second kappa shape index (κ2) is 44.3. The Morgan fingerprint density at radius 1 is 0.388 bits per heavy atom. The summed E-state index contributed by atoms with van der Waals surface area (Å²) in [5.74, 6) is -7.78. The quantitative estimate of drug-likeness (QED) is 0.0576. The molecule has 4 aromatic carbocycles. The highest BCUT2D eigenvalue weighted by Crippen LogP contribution is 2.36. The molecule has 5 aliphatic rings. The SMILES string of the molecule is CCNc1cc(O)c2c(c1)/C=C/C[C@@H]1OC(=O)O[C@@H]1C(=O)/C=C\[C@@H](C)[C@H](C)OC2=O.CCNc1cc(O)c2c(c1)/C=C/C[C@H](O)[C@H](O)C(=O)/C=C/[C@@H](C)[C@H](C)OC2=O.CCNc1cc(O)c2c(c1)/C=C/C[C@H](OC(C)=O)[C@H](O)C(=O)/C=C\[C@@H](C)[C@H](C)OC2=O.CNc1cc(O)c2c(c1)C=CC[C@H](O)[C@H](O)C(=O)/C=C\[C@@H](C)[C@H](C)OC2=O. The van der Waals surface area contributed by atoms with E-state index in [1.807, 2.05) is 20.8 Å². The Balaban J connectivity index is 0.000000241. The molecule has 0 amide bonds. The summed E-state index contributed by atoms with van der Waals surface area (Å²) in [6.07, 6.45) is 10.5. The van der Waals surface area contributed by atoms with Crippen LogP contribution in [-0.2, 0) is 57.1 Å². The number of hydrogen-bond acceptors (Lipinski definition) is 30. The minimum atomic E-state index is -1.55. The number of benzene rings is 4. The van der Waals surface area contributed by atoms with Gasteiger partial charge in [0.05, 0.1) is 12.2 Å². The molecule has 30 nitrogen and oxygen atoms in total. The van der Waals surface area contributed by atoms with Gasteiger partial charge in [-0.05, 0) is 132 Å². The first-order valence-electron chi connectivity index (χ1n) is 38.1. The van der Waals surface area contributed by atoms with Crippen molar-refractivity contribution in [1.29, 1.82) is 0 Å². The Labute approximate surface area is 672 Å². The first-order chi connectivity index (χ1) is 54.9. The van der Waals surface area contributed by atoms with Crippen molar-refractivity contribution >= 4 is 106 Å². The van der Waals surface area contributed by atoms with E-state index in [-0.39, 0.29) is 94.6 Å². The molecule has 1 fully saturated rings. The zero-order chi connectivity index (χ0) is 85.9. The number of esters is 5. The van der Waals surface area contributed by atoms with E-state index in [1.165, 1.54) is 91.9 Å². The number of nitrogens with one attached hydrogen (secondary N) is 4. The first kappa shape index (κ1) is 93.2. The summed E-state index contributed by atoms with van der Waals surface area (Å²) in [5, 5.41) is 104. The number of aliphatic hydroxyl groups is 5. The van der Waals surface area contributed by atoms with Gasteiger partial charge in [0.1, 0.15) is 88.0 Å². The average Bonchev–Trinajstić information content (AvgIpc) is 1.66. The Morgan fingerprint density at radius 2 is 0.681 bits per heavy atom. The molecule has 0 unspecified atom stereocenters. The molecule has 9 rings (SSSR count). The van der Waals surface area contributed by atoms with Crippen molar-refractivity contribution in [3.8, 4) is 23.0 Å². The van der Waals surface area contributed by atoms with Gasteiger partial charge in [-0.25, -0.2) is 24.0 Å². The van der Waals surface area contributed by atoms with Crippen LogP contribution < -0.4 is 21.3 Å². The van der Waals surface area contributed by atoms with Crippen molar-refractivity contribution in [2.45, 2.75) is 182 Å². The normalized spacial score (nSPS) is 28.0. The number of hydrogen-bond donors (Lipinski definition) is 13. The number of aromatic hydroxyl groups is 4. The van der Waals surface area contributed by atoms with Gasteiger partial charge in [0, 0.05) is 117 Å². The van der Waals surface area contributed by atoms with Crippen molar-refractivity contribution < 1.29 is 127 Å². The van der Waals surface area contributed by atoms with Crippen LogP contribution in [0.5, 0.6) is 23.0 Å². The molecule has 0 bridgehead atoms. The van der Waals surface area contributed by atoms with Crippen molar-refractivity contribution in [2.24, 2.45) is 23.7 Å². The number of ketones is 4. The highest BCUT2D eigenvalue weighted by molar-refractivity contribution is 6.02. The molecule has 0 aromatic heterocycles. The maximum absolute atomic E-state index is 12.8. The molecule has 30 heteroatoms. The Morgan fingerprint density at radius 3 is 1.00 bits per heavy atom.